The van der Waals surface area contributed by atoms with Crippen LogP contribution in [-0.2, 0) is 10.0 Å². The zero-order valence-corrected chi connectivity index (χ0v) is 10.1. The van der Waals surface area contributed by atoms with Crippen LogP contribution in [0.25, 0.3) is 0 Å². The van der Waals surface area contributed by atoms with Crippen LogP contribution in [0.5, 0.6) is 0 Å². The smallest absolute Gasteiger partial charge is 0.214 e. The molecule has 0 aromatic heterocycles. The third kappa shape index (κ3) is 4.06. The Kier molecular flexibility index (Phi) is 5.02. The van der Waals surface area contributed by atoms with Crippen LogP contribution in [0, 0.1) is 11.3 Å². The second-order valence-corrected chi connectivity index (χ2v) is 5.97. The summed E-state index contributed by atoms with van der Waals surface area (Å²) in [5.41, 5.74) is 0.747. The van der Waals surface area contributed by atoms with Crippen molar-refractivity contribution in [3.63, 3.8) is 0 Å². The van der Waals surface area contributed by atoms with E-state index in [1.54, 1.807) is 0 Å². The summed E-state index contributed by atoms with van der Waals surface area (Å²) < 4.78 is 49.2. The van der Waals surface area contributed by atoms with Crippen molar-refractivity contribution in [2.24, 2.45) is 0 Å². The SMILES string of the molecule is N#CC=C1CN(S(=O)(=O)CCC(F)CCF)C1. The summed E-state index contributed by atoms with van der Waals surface area (Å²) in [5.74, 6) is -0.312. The molecule has 4 nitrogen and oxygen atoms in total. The predicted molar refractivity (Wildman–Crippen MR) is 59.2 cm³/mol. The van der Waals surface area contributed by atoms with Crippen LogP contribution in [-0.4, -0.2) is 44.4 Å². The number of hydrogen-bond donors (Lipinski definition) is 0. The lowest BCUT2D eigenvalue weighted by Gasteiger charge is -2.32. The van der Waals surface area contributed by atoms with E-state index in [9.17, 15) is 17.2 Å². The van der Waals surface area contributed by atoms with E-state index >= 15 is 0 Å². The molecule has 96 valence electrons. The molecule has 0 amide bonds. The highest BCUT2D eigenvalue weighted by atomic mass is 32.2. The molecule has 0 aromatic rings. The molecule has 1 aliphatic rings. The van der Waals surface area contributed by atoms with Gasteiger partial charge in [0, 0.05) is 25.6 Å². The lowest BCUT2D eigenvalue weighted by molar-refractivity contribution is 0.275. The van der Waals surface area contributed by atoms with Crippen LogP contribution >= 0.6 is 0 Å². The van der Waals surface area contributed by atoms with E-state index in [1.807, 2.05) is 6.07 Å². The minimum atomic E-state index is -3.47. The molecule has 1 atom stereocenters. The molecule has 0 aromatic carbocycles. The lowest BCUT2D eigenvalue weighted by atomic mass is 10.1. The maximum Gasteiger partial charge on any atom is 0.214 e. The fourth-order valence-corrected chi connectivity index (χ4v) is 2.99. The van der Waals surface area contributed by atoms with E-state index in [0.29, 0.717) is 0 Å². The van der Waals surface area contributed by atoms with Crippen molar-refractivity contribution in [1.29, 1.82) is 5.26 Å². The average molecular weight is 264 g/mol. The minimum Gasteiger partial charge on any atom is -0.251 e. The number of halogens is 2. The summed E-state index contributed by atoms with van der Waals surface area (Å²) in [6.07, 6.45) is -0.535. The second kappa shape index (κ2) is 6.07. The maximum absolute atomic E-state index is 12.9. The molecular formula is C10H14F2N2O2S. The molecule has 7 heteroatoms. The fourth-order valence-electron chi connectivity index (χ4n) is 1.45. The normalized spacial score (nSPS) is 18.3. The van der Waals surface area contributed by atoms with Crippen molar-refractivity contribution in [3.05, 3.63) is 11.6 Å². The third-order valence-corrected chi connectivity index (χ3v) is 4.33. The zero-order chi connectivity index (χ0) is 12.9. The summed E-state index contributed by atoms with van der Waals surface area (Å²) in [4.78, 5) is 0. The van der Waals surface area contributed by atoms with Gasteiger partial charge in [-0.15, -0.1) is 0 Å². The van der Waals surface area contributed by atoms with Gasteiger partial charge in [0.25, 0.3) is 0 Å². The van der Waals surface area contributed by atoms with Crippen molar-refractivity contribution in [2.45, 2.75) is 19.0 Å². The number of sulfonamides is 1. The Bertz CT molecular complexity index is 420. The van der Waals surface area contributed by atoms with E-state index < -0.39 is 22.9 Å². The summed E-state index contributed by atoms with van der Waals surface area (Å²) >= 11 is 0. The van der Waals surface area contributed by atoms with Gasteiger partial charge in [0.1, 0.15) is 6.17 Å². The highest BCUT2D eigenvalue weighted by Crippen LogP contribution is 2.20. The predicted octanol–water partition coefficient (Wildman–Crippen LogP) is 1.17. The molecule has 0 bridgehead atoms. The van der Waals surface area contributed by atoms with Crippen LogP contribution < -0.4 is 0 Å². The van der Waals surface area contributed by atoms with Gasteiger partial charge in [-0.1, -0.05) is 0 Å². The van der Waals surface area contributed by atoms with Gasteiger partial charge in [-0.3, -0.25) is 4.39 Å². The molecule has 17 heavy (non-hydrogen) atoms. The van der Waals surface area contributed by atoms with E-state index in [-0.39, 0.29) is 31.7 Å². The van der Waals surface area contributed by atoms with Crippen molar-refractivity contribution < 1.29 is 17.2 Å². The Hall–Kier alpha value is -1.00. The molecular weight excluding hydrogens is 250 g/mol. The Morgan fingerprint density at radius 1 is 1.47 bits per heavy atom. The third-order valence-electron chi connectivity index (χ3n) is 2.53. The molecule has 0 N–H and O–H groups in total. The largest absolute Gasteiger partial charge is 0.251 e. The van der Waals surface area contributed by atoms with E-state index in [1.165, 1.54) is 10.4 Å². The zero-order valence-electron chi connectivity index (χ0n) is 9.27. The number of alkyl halides is 2. The first kappa shape index (κ1) is 14.1. The van der Waals surface area contributed by atoms with Gasteiger partial charge in [-0.25, -0.2) is 12.8 Å². The van der Waals surface area contributed by atoms with Crippen LogP contribution in [0.15, 0.2) is 11.6 Å². The number of allylic oxidation sites excluding steroid dienone is 1. The topological polar surface area (TPSA) is 61.2 Å². The van der Waals surface area contributed by atoms with Gasteiger partial charge >= 0.3 is 0 Å². The molecule has 0 aliphatic carbocycles. The number of rotatable bonds is 6. The first-order valence-corrected chi connectivity index (χ1v) is 6.86. The van der Waals surface area contributed by atoms with Crippen molar-refractivity contribution in [1.82, 2.24) is 4.31 Å². The number of hydrogen-bond acceptors (Lipinski definition) is 3. The molecule has 1 unspecified atom stereocenters. The molecule has 1 aliphatic heterocycles. The molecule has 1 rings (SSSR count). The Balaban J connectivity index is 2.39. The van der Waals surface area contributed by atoms with E-state index in [0.717, 1.165) is 5.57 Å². The van der Waals surface area contributed by atoms with Gasteiger partial charge in [-0.2, -0.15) is 9.57 Å². The monoisotopic (exact) mass is 264 g/mol. The molecule has 0 spiro atoms. The van der Waals surface area contributed by atoms with Crippen molar-refractivity contribution in [3.8, 4) is 6.07 Å². The van der Waals surface area contributed by atoms with Gasteiger partial charge in [0.15, 0.2) is 0 Å². The van der Waals surface area contributed by atoms with Gasteiger partial charge < -0.3 is 0 Å². The minimum absolute atomic E-state index is 0.181. The standard InChI is InChI=1S/C10H14F2N2O2S/c11-4-1-10(12)3-6-17(15,16)14-7-9(8-14)2-5-13/h2,10H,1,3-4,6-8H2. The fraction of sp³-hybridized carbons (Fsp3) is 0.700. The number of nitriles is 1. The number of nitrogens with zero attached hydrogens (tertiary/aromatic N) is 2. The maximum atomic E-state index is 12.9. The molecule has 0 radical (unpaired) electrons. The Morgan fingerprint density at radius 2 is 2.12 bits per heavy atom. The van der Waals surface area contributed by atoms with E-state index in [2.05, 4.69) is 0 Å². The average Bonchev–Trinajstić information content (AvgIpc) is 2.20. The molecule has 1 fully saturated rings. The lowest BCUT2D eigenvalue weighted by Crippen LogP contribution is -2.45. The summed E-state index contributed by atoms with van der Waals surface area (Å²) in [6.45, 7) is -0.369. The van der Waals surface area contributed by atoms with Crippen LogP contribution in [0.4, 0.5) is 8.78 Å². The summed E-state index contributed by atoms with van der Waals surface area (Å²) in [7, 11) is -3.47. The molecule has 0 saturated carbocycles. The summed E-state index contributed by atoms with van der Waals surface area (Å²) in [5, 5.41) is 8.35. The Labute approximate surface area is 99.6 Å². The van der Waals surface area contributed by atoms with Gasteiger partial charge in [0.05, 0.1) is 18.5 Å². The van der Waals surface area contributed by atoms with Crippen LogP contribution in [0.1, 0.15) is 12.8 Å². The van der Waals surface area contributed by atoms with Gasteiger partial charge in [-0.05, 0) is 12.0 Å². The molecule has 1 saturated heterocycles. The van der Waals surface area contributed by atoms with Crippen LogP contribution in [0.3, 0.4) is 0 Å². The molecule has 1 heterocycles. The van der Waals surface area contributed by atoms with Crippen LogP contribution in [0.2, 0.25) is 0 Å². The Morgan fingerprint density at radius 3 is 2.65 bits per heavy atom. The highest BCUT2D eigenvalue weighted by molar-refractivity contribution is 7.89. The second-order valence-electron chi connectivity index (χ2n) is 3.88. The quantitative estimate of drug-likeness (QED) is 0.676. The van der Waals surface area contributed by atoms with Gasteiger partial charge in [0.2, 0.25) is 10.0 Å². The highest BCUT2D eigenvalue weighted by Gasteiger charge is 2.31. The van der Waals surface area contributed by atoms with Crippen molar-refractivity contribution >= 4 is 10.0 Å². The first-order chi connectivity index (χ1) is 7.99. The van der Waals surface area contributed by atoms with E-state index in [4.69, 9.17) is 5.26 Å². The summed E-state index contributed by atoms with van der Waals surface area (Å²) in [6, 6.07) is 1.82. The first-order valence-electron chi connectivity index (χ1n) is 5.25. The van der Waals surface area contributed by atoms with Crippen molar-refractivity contribution in [2.75, 3.05) is 25.5 Å².